The van der Waals surface area contributed by atoms with Crippen molar-refractivity contribution in [3.63, 3.8) is 0 Å². The van der Waals surface area contributed by atoms with E-state index in [0.29, 0.717) is 12.5 Å². The molecular formula is C16H28N4O2. The van der Waals surface area contributed by atoms with Crippen molar-refractivity contribution in [3.8, 4) is 0 Å². The molecule has 2 atom stereocenters. The number of nitrogens with zero attached hydrogens (tertiary/aromatic N) is 2. The van der Waals surface area contributed by atoms with Crippen molar-refractivity contribution in [3.05, 3.63) is 18.0 Å². The van der Waals surface area contributed by atoms with Crippen LogP contribution in [0.5, 0.6) is 0 Å². The monoisotopic (exact) mass is 308 g/mol. The van der Waals surface area contributed by atoms with Crippen LogP contribution in [0.25, 0.3) is 0 Å². The number of nitrogens with one attached hydrogen (secondary N) is 2. The van der Waals surface area contributed by atoms with Gasteiger partial charge in [0.2, 0.25) is 0 Å². The van der Waals surface area contributed by atoms with E-state index in [1.54, 1.807) is 4.68 Å². The maximum atomic E-state index is 11.8. The van der Waals surface area contributed by atoms with E-state index >= 15 is 0 Å². The van der Waals surface area contributed by atoms with Crippen LogP contribution in [0.1, 0.15) is 52.1 Å². The summed E-state index contributed by atoms with van der Waals surface area (Å²) in [7, 11) is 1.92. The summed E-state index contributed by atoms with van der Waals surface area (Å²) in [5.41, 5.74) is 0.695. The van der Waals surface area contributed by atoms with Crippen LogP contribution in [0.4, 0.5) is 4.79 Å². The molecule has 0 spiro atoms. The minimum absolute atomic E-state index is 0.208. The minimum atomic E-state index is -0.463. The number of aryl methyl sites for hydroxylation is 1. The number of alkyl carbamates (subject to hydrolysis) is 1. The summed E-state index contributed by atoms with van der Waals surface area (Å²) in [4.78, 5) is 11.8. The molecule has 1 aromatic rings. The van der Waals surface area contributed by atoms with Crippen LogP contribution in [0.15, 0.2) is 12.4 Å². The highest BCUT2D eigenvalue weighted by atomic mass is 16.6. The van der Waals surface area contributed by atoms with Crippen LogP contribution < -0.4 is 10.6 Å². The molecule has 1 aliphatic carbocycles. The van der Waals surface area contributed by atoms with Crippen LogP contribution in [-0.4, -0.2) is 34.1 Å². The maximum absolute atomic E-state index is 11.8. The summed E-state index contributed by atoms with van der Waals surface area (Å²) in [6, 6.07) is 0.475. The first kappa shape index (κ1) is 16.8. The van der Waals surface area contributed by atoms with E-state index in [4.69, 9.17) is 4.74 Å². The number of hydrogen-bond acceptors (Lipinski definition) is 4. The summed E-state index contributed by atoms with van der Waals surface area (Å²) in [5.74, 6) is 0.633. The topological polar surface area (TPSA) is 68.2 Å². The number of amides is 1. The molecule has 0 aromatic carbocycles. The molecule has 1 aliphatic rings. The molecular weight excluding hydrogens is 280 g/mol. The molecule has 1 amide bonds. The van der Waals surface area contributed by atoms with Gasteiger partial charge >= 0.3 is 6.09 Å². The van der Waals surface area contributed by atoms with E-state index in [0.717, 1.165) is 5.56 Å². The first-order chi connectivity index (χ1) is 10.2. The zero-order valence-electron chi connectivity index (χ0n) is 14.2. The van der Waals surface area contributed by atoms with Crippen LogP contribution in [0.2, 0.25) is 0 Å². The Morgan fingerprint density at radius 1 is 1.50 bits per heavy atom. The summed E-state index contributed by atoms with van der Waals surface area (Å²) in [6.07, 6.45) is 5.97. The van der Waals surface area contributed by atoms with Gasteiger partial charge in [-0.2, -0.15) is 5.10 Å². The van der Waals surface area contributed by atoms with Gasteiger partial charge in [0.05, 0.1) is 6.20 Å². The first-order valence-corrected chi connectivity index (χ1v) is 7.96. The third-order valence-corrected chi connectivity index (χ3v) is 3.75. The lowest BCUT2D eigenvalue weighted by Crippen LogP contribution is -2.44. The number of carbonyl (C=O) groups is 1. The van der Waals surface area contributed by atoms with Crippen molar-refractivity contribution >= 4 is 6.09 Å². The Morgan fingerprint density at radius 3 is 2.68 bits per heavy atom. The average molecular weight is 308 g/mol. The summed E-state index contributed by atoms with van der Waals surface area (Å²) in [6.45, 7) is 8.32. The van der Waals surface area contributed by atoms with E-state index in [1.165, 1.54) is 12.8 Å². The van der Waals surface area contributed by atoms with Crippen LogP contribution in [0, 0.1) is 5.92 Å². The van der Waals surface area contributed by atoms with Gasteiger partial charge in [0, 0.05) is 37.4 Å². The van der Waals surface area contributed by atoms with Gasteiger partial charge in [-0.1, -0.05) is 0 Å². The van der Waals surface area contributed by atoms with Gasteiger partial charge in [-0.25, -0.2) is 4.79 Å². The standard InChI is InChI=1S/C16H28N4O2/c1-11(13-8-18-20(5)10-13)19-14(12-6-7-12)9-17-15(21)22-16(2,3)4/h8,10-12,14,19H,6-7,9H2,1-5H3,(H,17,21). The Bertz CT molecular complexity index is 502. The van der Waals surface area contributed by atoms with Crippen LogP contribution in [-0.2, 0) is 11.8 Å². The van der Waals surface area contributed by atoms with E-state index < -0.39 is 5.60 Å². The van der Waals surface area contributed by atoms with Crippen molar-refractivity contribution in [2.24, 2.45) is 13.0 Å². The third-order valence-electron chi connectivity index (χ3n) is 3.75. The van der Waals surface area contributed by atoms with Crippen LogP contribution in [0.3, 0.4) is 0 Å². The molecule has 6 nitrogen and oxygen atoms in total. The fraction of sp³-hybridized carbons (Fsp3) is 0.750. The normalized spacial score (nSPS) is 17.9. The smallest absolute Gasteiger partial charge is 0.407 e. The second-order valence-electron chi connectivity index (χ2n) is 7.16. The molecule has 1 saturated carbocycles. The summed E-state index contributed by atoms with van der Waals surface area (Å²) < 4.78 is 7.09. The zero-order valence-corrected chi connectivity index (χ0v) is 14.2. The molecule has 0 radical (unpaired) electrons. The fourth-order valence-electron chi connectivity index (χ4n) is 2.45. The quantitative estimate of drug-likeness (QED) is 0.846. The molecule has 1 aromatic heterocycles. The van der Waals surface area contributed by atoms with Crippen molar-refractivity contribution in [1.82, 2.24) is 20.4 Å². The fourth-order valence-corrected chi connectivity index (χ4v) is 2.45. The second-order valence-corrected chi connectivity index (χ2v) is 7.16. The van der Waals surface area contributed by atoms with E-state index in [2.05, 4.69) is 22.7 Å². The molecule has 124 valence electrons. The molecule has 22 heavy (non-hydrogen) atoms. The van der Waals surface area contributed by atoms with Gasteiger partial charge in [-0.3, -0.25) is 4.68 Å². The second kappa shape index (κ2) is 6.69. The third kappa shape index (κ3) is 5.33. The summed E-state index contributed by atoms with van der Waals surface area (Å²) in [5, 5.41) is 10.7. The van der Waals surface area contributed by atoms with Crippen molar-refractivity contribution in [1.29, 1.82) is 0 Å². The first-order valence-electron chi connectivity index (χ1n) is 7.96. The number of rotatable bonds is 6. The number of aromatic nitrogens is 2. The van der Waals surface area contributed by atoms with E-state index in [1.807, 2.05) is 40.2 Å². The Labute approximate surface area is 132 Å². The van der Waals surface area contributed by atoms with Crippen LogP contribution >= 0.6 is 0 Å². The predicted octanol–water partition coefficient (Wildman–Crippen LogP) is 2.37. The molecule has 0 aliphatic heterocycles. The highest BCUT2D eigenvalue weighted by Crippen LogP contribution is 2.33. The SMILES string of the molecule is CC(NC(CNC(=O)OC(C)(C)C)C1CC1)c1cnn(C)c1. The van der Waals surface area contributed by atoms with Crippen molar-refractivity contribution in [2.45, 2.75) is 58.2 Å². The molecule has 1 heterocycles. The lowest BCUT2D eigenvalue weighted by Gasteiger charge is -2.25. The number of hydrogen-bond donors (Lipinski definition) is 2. The van der Waals surface area contributed by atoms with E-state index in [-0.39, 0.29) is 18.2 Å². The van der Waals surface area contributed by atoms with E-state index in [9.17, 15) is 4.79 Å². The predicted molar refractivity (Wildman–Crippen MR) is 85.5 cm³/mol. The molecule has 2 rings (SSSR count). The van der Waals surface area contributed by atoms with Gasteiger partial charge in [0.15, 0.2) is 0 Å². The molecule has 1 fully saturated rings. The Morgan fingerprint density at radius 2 is 2.18 bits per heavy atom. The van der Waals surface area contributed by atoms with Crippen molar-refractivity contribution < 1.29 is 9.53 Å². The zero-order chi connectivity index (χ0) is 16.3. The molecule has 6 heteroatoms. The van der Waals surface area contributed by atoms with Gasteiger partial charge in [-0.15, -0.1) is 0 Å². The molecule has 0 saturated heterocycles. The number of carbonyl (C=O) groups excluding carboxylic acids is 1. The lowest BCUT2D eigenvalue weighted by molar-refractivity contribution is 0.0520. The Hall–Kier alpha value is -1.56. The largest absolute Gasteiger partial charge is 0.444 e. The van der Waals surface area contributed by atoms with Crippen molar-refractivity contribution in [2.75, 3.05) is 6.54 Å². The molecule has 2 unspecified atom stereocenters. The van der Waals surface area contributed by atoms with Gasteiger partial charge in [0.1, 0.15) is 5.60 Å². The Balaban J connectivity index is 1.84. The minimum Gasteiger partial charge on any atom is -0.444 e. The average Bonchev–Trinajstić information content (AvgIpc) is 3.14. The maximum Gasteiger partial charge on any atom is 0.407 e. The highest BCUT2D eigenvalue weighted by molar-refractivity contribution is 5.67. The van der Waals surface area contributed by atoms with Gasteiger partial charge in [-0.05, 0) is 46.5 Å². The van der Waals surface area contributed by atoms with Gasteiger partial charge in [0.25, 0.3) is 0 Å². The lowest BCUT2D eigenvalue weighted by atomic mass is 10.1. The number of ether oxygens (including phenoxy) is 1. The Kier molecular flexibility index (Phi) is 5.11. The molecule has 2 N–H and O–H groups in total. The highest BCUT2D eigenvalue weighted by Gasteiger charge is 2.32. The summed E-state index contributed by atoms with van der Waals surface area (Å²) >= 11 is 0. The van der Waals surface area contributed by atoms with Gasteiger partial charge < -0.3 is 15.4 Å². The molecule has 0 bridgehead atoms.